The van der Waals surface area contributed by atoms with Gasteiger partial charge in [-0.2, -0.15) is 0 Å². The maximum atomic E-state index is 12.4. The molecule has 4 heteroatoms. The first-order valence-corrected chi connectivity index (χ1v) is 7.87. The molecule has 21 heavy (non-hydrogen) atoms. The molecule has 4 nitrogen and oxygen atoms in total. The third kappa shape index (κ3) is 3.76. The van der Waals surface area contributed by atoms with E-state index >= 15 is 0 Å². The van der Waals surface area contributed by atoms with E-state index in [1.54, 1.807) is 0 Å². The van der Waals surface area contributed by atoms with Gasteiger partial charge in [0, 0.05) is 5.56 Å². The molecule has 3 atom stereocenters. The minimum Gasteiger partial charge on any atom is -0.494 e. The second-order valence-electron chi connectivity index (χ2n) is 5.55. The molecule has 1 fully saturated rings. The van der Waals surface area contributed by atoms with Crippen molar-refractivity contribution >= 4 is 5.91 Å². The topological polar surface area (TPSA) is 58.6 Å². The van der Waals surface area contributed by atoms with Crippen LogP contribution in [0.15, 0.2) is 24.3 Å². The average molecular weight is 291 g/mol. The number of ether oxygens (including phenoxy) is 1. The number of hydrogen-bond acceptors (Lipinski definition) is 3. The minimum atomic E-state index is -0.496. The van der Waals surface area contributed by atoms with Gasteiger partial charge >= 0.3 is 0 Å². The van der Waals surface area contributed by atoms with Gasteiger partial charge in [0.25, 0.3) is 0 Å². The summed E-state index contributed by atoms with van der Waals surface area (Å²) < 4.78 is 5.65. The summed E-state index contributed by atoms with van der Waals surface area (Å²) in [5.74, 6) is 0.510. The van der Waals surface area contributed by atoms with Crippen LogP contribution in [0.25, 0.3) is 0 Å². The Hall–Kier alpha value is -1.55. The Labute approximate surface area is 126 Å². The fourth-order valence-corrected chi connectivity index (χ4v) is 2.98. The summed E-state index contributed by atoms with van der Waals surface area (Å²) in [4.78, 5) is 12.4. The number of carbonyl (C=O) groups is 1. The van der Waals surface area contributed by atoms with Gasteiger partial charge in [-0.25, -0.2) is 0 Å². The molecular formula is C17H25NO3. The van der Waals surface area contributed by atoms with Gasteiger partial charge in [0.1, 0.15) is 5.75 Å². The predicted octanol–water partition coefficient (Wildman–Crippen LogP) is 2.81. The van der Waals surface area contributed by atoms with Gasteiger partial charge in [-0.3, -0.25) is 4.79 Å². The molecule has 2 rings (SSSR count). The SMILES string of the molecule is CCOc1ccccc1C(CC)NC(=O)C1CCCC1O. The van der Waals surface area contributed by atoms with Crippen LogP contribution in [0.4, 0.5) is 0 Å². The molecular weight excluding hydrogens is 266 g/mol. The Bertz CT molecular complexity index is 475. The molecule has 1 saturated carbocycles. The number of aliphatic hydroxyl groups excluding tert-OH is 1. The van der Waals surface area contributed by atoms with Crippen molar-refractivity contribution in [1.82, 2.24) is 5.32 Å². The number of amides is 1. The molecule has 1 aromatic carbocycles. The second kappa shape index (κ2) is 7.46. The fraction of sp³-hybridized carbons (Fsp3) is 0.588. The summed E-state index contributed by atoms with van der Waals surface area (Å²) >= 11 is 0. The summed E-state index contributed by atoms with van der Waals surface area (Å²) in [6, 6.07) is 7.73. The molecule has 1 aliphatic carbocycles. The Morgan fingerprint density at radius 3 is 2.76 bits per heavy atom. The molecule has 1 amide bonds. The van der Waals surface area contributed by atoms with Crippen molar-refractivity contribution in [3.63, 3.8) is 0 Å². The van der Waals surface area contributed by atoms with Crippen LogP contribution in [0.1, 0.15) is 51.1 Å². The molecule has 116 valence electrons. The highest BCUT2D eigenvalue weighted by Crippen LogP contribution is 2.30. The number of rotatable bonds is 6. The first-order valence-electron chi connectivity index (χ1n) is 7.87. The Morgan fingerprint density at radius 1 is 1.38 bits per heavy atom. The largest absolute Gasteiger partial charge is 0.494 e. The monoisotopic (exact) mass is 291 g/mol. The third-order valence-corrected chi connectivity index (χ3v) is 4.14. The number of para-hydroxylation sites is 1. The van der Waals surface area contributed by atoms with E-state index in [2.05, 4.69) is 5.32 Å². The lowest BCUT2D eigenvalue weighted by Gasteiger charge is -2.23. The maximum absolute atomic E-state index is 12.4. The van der Waals surface area contributed by atoms with Crippen LogP contribution in [0, 0.1) is 5.92 Å². The van der Waals surface area contributed by atoms with Crippen LogP contribution in [0.2, 0.25) is 0 Å². The van der Waals surface area contributed by atoms with E-state index in [1.807, 2.05) is 38.1 Å². The zero-order chi connectivity index (χ0) is 15.2. The summed E-state index contributed by atoms with van der Waals surface area (Å²) in [6.45, 7) is 4.59. The summed E-state index contributed by atoms with van der Waals surface area (Å²) in [5.41, 5.74) is 1.00. The lowest BCUT2D eigenvalue weighted by atomic mass is 10.00. The smallest absolute Gasteiger partial charge is 0.226 e. The number of carbonyl (C=O) groups excluding carboxylic acids is 1. The van der Waals surface area contributed by atoms with Gasteiger partial charge in [0.2, 0.25) is 5.91 Å². The van der Waals surface area contributed by atoms with Crippen molar-refractivity contribution in [2.24, 2.45) is 5.92 Å². The van der Waals surface area contributed by atoms with E-state index in [9.17, 15) is 9.90 Å². The van der Waals surface area contributed by atoms with Crippen molar-refractivity contribution in [3.8, 4) is 5.75 Å². The van der Waals surface area contributed by atoms with Crippen molar-refractivity contribution in [2.45, 2.75) is 51.7 Å². The molecule has 1 aliphatic rings. The normalized spacial score (nSPS) is 22.8. The average Bonchev–Trinajstić information content (AvgIpc) is 2.92. The Morgan fingerprint density at radius 2 is 2.14 bits per heavy atom. The molecule has 2 N–H and O–H groups in total. The Kier molecular flexibility index (Phi) is 5.62. The number of benzene rings is 1. The first kappa shape index (κ1) is 15.8. The van der Waals surface area contributed by atoms with E-state index in [0.717, 1.165) is 37.0 Å². The van der Waals surface area contributed by atoms with E-state index in [-0.39, 0.29) is 17.9 Å². The highest BCUT2D eigenvalue weighted by atomic mass is 16.5. The van der Waals surface area contributed by atoms with E-state index in [0.29, 0.717) is 6.61 Å². The zero-order valence-electron chi connectivity index (χ0n) is 12.8. The molecule has 0 radical (unpaired) electrons. The van der Waals surface area contributed by atoms with Crippen LogP contribution in [-0.4, -0.2) is 23.7 Å². The summed E-state index contributed by atoms with van der Waals surface area (Å²) in [7, 11) is 0. The van der Waals surface area contributed by atoms with Crippen molar-refractivity contribution in [1.29, 1.82) is 0 Å². The van der Waals surface area contributed by atoms with Crippen LogP contribution in [0.5, 0.6) is 5.75 Å². The van der Waals surface area contributed by atoms with Gasteiger partial charge in [-0.15, -0.1) is 0 Å². The van der Waals surface area contributed by atoms with Crippen LogP contribution < -0.4 is 10.1 Å². The number of nitrogens with one attached hydrogen (secondary N) is 1. The molecule has 0 saturated heterocycles. The lowest BCUT2D eigenvalue weighted by molar-refractivity contribution is -0.128. The minimum absolute atomic E-state index is 0.0434. The van der Waals surface area contributed by atoms with Gasteiger partial charge < -0.3 is 15.2 Å². The van der Waals surface area contributed by atoms with Gasteiger partial charge in [0.15, 0.2) is 0 Å². The predicted molar refractivity (Wildman–Crippen MR) is 82.1 cm³/mol. The first-order chi connectivity index (χ1) is 10.2. The van der Waals surface area contributed by atoms with E-state index < -0.39 is 6.10 Å². The Balaban J connectivity index is 2.11. The summed E-state index contributed by atoms with van der Waals surface area (Å²) in [6.07, 6.45) is 2.72. The molecule has 0 aliphatic heterocycles. The number of aliphatic hydroxyl groups is 1. The zero-order valence-corrected chi connectivity index (χ0v) is 12.8. The molecule has 0 spiro atoms. The maximum Gasteiger partial charge on any atom is 0.226 e. The highest BCUT2D eigenvalue weighted by molar-refractivity contribution is 5.80. The van der Waals surface area contributed by atoms with Crippen molar-refractivity contribution in [3.05, 3.63) is 29.8 Å². The quantitative estimate of drug-likeness (QED) is 0.847. The molecule has 1 aromatic rings. The van der Waals surface area contributed by atoms with Crippen molar-refractivity contribution < 1.29 is 14.6 Å². The highest BCUT2D eigenvalue weighted by Gasteiger charge is 2.32. The third-order valence-electron chi connectivity index (χ3n) is 4.14. The summed E-state index contributed by atoms with van der Waals surface area (Å²) in [5, 5.41) is 12.9. The standard InChI is InChI=1S/C17H25NO3/c1-3-14(12-8-5-6-11-16(12)21-4-2)18-17(20)13-9-7-10-15(13)19/h5-6,8,11,13-15,19H,3-4,7,9-10H2,1-2H3,(H,18,20). The van der Waals surface area contributed by atoms with Crippen molar-refractivity contribution in [2.75, 3.05) is 6.61 Å². The van der Waals surface area contributed by atoms with E-state index in [4.69, 9.17) is 4.74 Å². The van der Waals surface area contributed by atoms with E-state index in [1.165, 1.54) is 0 Å². The van der Waals surface area contributed by atoms with Gasteiger partial charge in [0.05, 0.1) is 24.7 Å². The second-order valence-corrected chi connectivity index (χ2v) is 5.55. The van der Waals surface area contributed by atoms with Crippen LogP contribution >= 0.6 is 0 Å². The molecule has 0 aromatic heterocycles. The van der Waals surface area contributed by atoms with Gasteiger partial charge in [-0.1, -0.05) is 25.1 Å². The lowest BCUT2D eigenvalue weighted by Crippen LogP contribution is -2.37. The molecule has 3 unspecified atom stereocenters. The van der Waals surface area contributed by atoms with Crippen LogP contribution in [-0.2, 0) is 4.79 Å². The fourth-order valence-electron chi connectivity index (χ4n) is 2.98. The van der Waals surface area contributed by atoms with Gasteiger partial charge in [-0.05, 0) is 38.7 Å². The van der Waals surface area contributed by atoms with Crippen LogP contribution in [0.3, 0.4) is 0 Å². The number of hydrogen-bond donors (Lipinski definition) is 2. The molecule has 0 bridgehead atoms. The molecule has 0 heterocycles.